The van der Waals surface area contributed by atoms with Gasteiger partial charge in [-0.1, -0.05) is 6.07 Å². The molecule has 0 aliphatic carbocycles. The van der Waals surface area contributed by atoms with Crippen molar-refractivity contribution in [2.75, 3.05) is 36.0 Å². The van der Waals surface area contributed by atoms with E-state index >= 15 is 0 Å². The fraction of sp³-hybridized carbons (Fsp3) is 0.300. The Bertz CT molecular complexity index is 996. The van der Waals surface area contributed by atoms with Gasteiger partial charge in [-0.2, -0.15) is 0 Å². The average molecular weight is 422 g/mol. The predicted molar refractivity (Wildman–Crippen MR) is 102 cm³/mol. The van der Waals surface area contributed by atoms with E-state index in [-0.39, 0.29) is 24.5 Å². The largest absolute Gasteiger partial charge is 0.365 e. The number of anilines is 2. The normalized spacial score (nSPS) is 18.7. The van der Waals surface area contributed by atoms with E-state index in [1.54, 1.807) is 0 Å². The Balaban J connectivity index is 1.50. The lowest BCUT2D eigenvalue weighted by molar-refractivity contribution is 0.0936. The van der Waals surface area contributed by atoms with E-state index in [1.165, 1.54) is 11.0 Å². The second-order valence-corrected chi connectivity index (χ2v) is 7.14. The van der Waals surface area contributed by atoms with Crippen LogP contribution in [0.25, 0.3) is 0 Å². The molecule has 2 aliphatic rings. The summed E-state index contributed by atoms with van der Waals surface area (Å²) >= 11 is 0. The summed E-state index contributed by atoms with van der Waals surface area (Å²) in [5.41, 5.74) is -0.788. The topological polar surface area (TPSA) is 64.7 Å². The standard InChI is InChI=1S/C20H18F4N4O2/c21-13-2-1-3-14(22)18(13)27-6-4-11(10-27)26-19(29)12-8-17(16(24)9-15(12)23)28-7-5-25-20(28)30/h1-3,8-9,11H,4-7,10H2,(H,25,30)(H,26,29)/t11-/m0/s1. The van der Waals surface area contributed by atoms with Crippen molar-refractivity contribution in [1.82, 2.24) is 10.6 Å². The van der Waals surface area contributed by atoms with Gasteiger partial charge in [-0.3, -0.25) is 9.69 Å². The Labute approximate surface area is 169 Å². The van der Waals surface area contributed by atoms with E-state index in [2.05, 4.69) is 10.6 Å². The van der Waals surface area contributed by atoms with Crippen molar-refractivity contribution in [3.8, 4) is 0 Å². The highest BCUT2D eigenvalue weighted by molar-refractivity contribution is 5.99. The zero-order valence-electron chi connectivity index (χ0n) is 15.7. The maximum absolute atomic E-state index is 14.3. The van der Waals surface area contributed by atoms with E-state index in [0.29, 0.717) is 25.6 Å². The molecule has 30 heavy (non-hydrogen) atoms. The lowest BCUT2D eigenvalue weighted by Gasteiger charge is -2.20. The number of amides is 3. The molecule has 2 fully saturated rings. The van der Waals surface area contributed by atoms with Crippen LogP contribution in [0, 0.1) is 23.3 Å². The molecule has 0 unspecified atom stereocenters. The SMILES string of the molecule is O=C(N[C@H]1CCN(c2c(F)cccc2F)C1)c1cc(N2CCNC2=O)c(F)cc1F. The molecular weight excluding hydrogens is 404 g/mol. The Morgan fingerprint density at radius 2 is 1.77 bits per heavy atom. The van der Waals surface area contributed by atoms with Crippen LogP contribution in [0.4, 0.5) is 33.7 Å². The van der Waals surface area contributed by atoms with Crippen molar-refractivity contribution < 1.29 is 27.2 Å². The Morgan fingerprint density at radius 1 is 1.03 bits per heavy atom. The van der Waals surface area contributed by atoms with Gasteiger partial charge in [0, 0.05) is 38.3 Å². The number of hydrogen-bond acceptors (Lipinski definition) is 3. The third kappa shape index (κ3) is 3.64. The number of para-hydroxylation sites is 1. The molecule has 158 valence electrons. The van der Waals surface area contributed by atoms with Gasteiger partial charge < -0.3 is 15.5 Å². The minimum absolute atomic E-state index is 0.133. The van der Waals surface area contributed by atoms with Gasteiger partial charge in [0.1, 0.15) is 29.0 Å². The zero-order valence-corrected chi connectivity index (χ0v) is 15.7. The minimum atomic E-state index is -1.07. The second kappa shape index (κ2) is 7.85. The molecule has 0 radical (unpaired) electrons. The zero-order chi connectivity index (χ0) is 21.4. The summed E-state index contributed by atoms with van der Waals surface area (Å²) in [5, 5.41) is 5.12. The van der Waals surface area contributed by atoms with Crippen LogP contribution in [-0.2, 0) is 0 Å². The summed E-state index contributed by atoms with van der Waals surface area (Å²) in [7, 11) is 0. The van der Waals surface area contributed by atoms with Crippen molar-refractivity contribution in [1.29, 1.82) is 0 Å². The first-order chi connectivity index (χ1) is 14.3. The van der Waals surface area contributed by atoms with Crippen LogP contribution in [0.1, 0.15) is 16.8 Å². The van der Waals surface area contributed by atoms with Gasteiger partial charge in [0.2, 0.25) is 0 Å². The van der Waals surface area contributed by atoms with Gasteiger partial charge in [-0.15, -0.1) is 0 Å². The van der Waals surface area contributed by atoms with Crippen molar-refractivity contribution in [2.24, 2.45) is 0 Å². The van der Waals surface area contributed by atoms with Gasteiger partial charge in [-0.05, 0) is 24.6 Å². The van der Waals surface area contributed by atoms with E-state index in [9.17, 15) is 27.2 Å². The lowest BCUT2D eigenvalue weighted by Crippen LogP contribution is -2.38. The molecule has 2 aromatic carbocycles. The van der Waals surface area contributed by atoms with Crippen molar-refractivity contribution >= 4 is 23.3 Å². The molecule has 1 atom stereocenters. The Hall–Kier alpha value is -3.30. The molecule has 2 heterocycles. The molecule has 2 aliphatic heterocycles. The summed E-state index contributed by atoms with van der Waals surface area (Å²) in [6.07, 6.45) is 0.393. The van der Waals surface area contributed by atoms with Gasteiger partial charge in [-0.25, -0.2) is 22.4 Å². The van der Waals surface area contributed by atoms with Crippen LogP contribution in [0.2, 0.25) is 0 Å². The van der Waals surface area contributed by atoms with Crippen LogP contribution in [0.5, 0.6) is 0 Å². The lowest BCUT2D eigenvalue weighted by atomic mass is 10.1. The fourth-order valence-electron chi connectivity index (χ4n) is 3.76. The molecule has 0 saturated carbocycles. The summed E-state index contributed by atoms with van der Waals surface area (Å²) < 4.78 is 56.4. The summed E-state index contributed by atoms with van der Waals surface area (Å²) in [4.78, 5) is 26.9. The highest BCUT2D eigenvalue weighted by atomic mass is 19.1. The van der Waals surface area contributed by atoms with E-state index in [0.717, 1.165) is 23.1 Å². The summed E-state index contributed by atoms with van der Waals surface area (Å²) in [5.74, 6) is -4.24. The molecule has 0 spiro atoms. The van der Waals surface area contributed by atoms with Gasteiger partial charge >= 0.3 is 6.03 Å². The van der Waals surface area contributed by atoms with Crippen molar-refractivity contribution in [2.45, 2.75) is 12.5 Å². The highest BCUT2D eigenvalue weighted by Crippen LogP contribution is 2.28. The molecule has 10 heteroatoms. The molecular formula is C20H18F4N4O2. The number of urea groups is 1. The fourth-order valence-corrected chi connectivity index (χ4v) is 3.76. The first kappa shape index (κ1) is 20.0. The van der Waals surface area contributed by atoms with Gasteiger partial charge in [0.25, 0.3) is 5.91 Å². The minimum Gasteiger partial charge on any atom is -0.365 e. The molecule has 3 amide bonds. The monoisotopic (exact) mass is 422 g/mol. The van der Waals surface area contributed by atoms with Crippen LogP contribution in [0.15, 0.2) is 30.3 Å². The average Bonchev–Trinajstić information content (AvgIpc) is 3.31. The van der Waals surface area contributed by atoms with Crippen LogP contribution < -0.4 is 20.4 Å². The Kier molecular flexibility index (Phi) is 5.23. The molecule has 4 rings (SSSR count). The second-order valence-electron chi connectivity index (χ2n) is 7.14. The number of carbonyl (C=O) groups is 2. The van der Waals surface area contributed by atoms with Gasteiger partial charge in [0.05, 0.1) is 11.3 Å². The molecule has 0 bridgehead atoms. The highest BCUT2D eigenvalue weighted by Gasteiger charge is 2.30. The summed E-state index contributed by atoms with van der Waals surface area (Å²) in [6.45, 7) is 0.928. The summed E-state index contributed by atoms with van der Waals surface area (Å²) in [6, 6.07) is 4.09. The molecule has 6 nitrogen and oxygen atoms in total. The van der Waals surface area contributed by atoms with Crippen LogP contribution in [-0.4, -0.2) is 44.2 Å². The molecule has 0 aromatic heterocycles. The number of benzene rings is 2. The quantitative estimate of drug-likeness (QED) is 0.745. The molecule has 2 aromatic rings. The third-order valence-corrected chi connectivity index (χ3v) is 5.21. The van der Waals surface area contributed by atoms with Crippen LogP contribution >= 0.6 is 0 Å². The van der Waals surface area contributed by atoms with E-state index in [4.69, 9.17) is 0 Å². The van der Waals surface area contributed by atoms with Crippen molar-refractivity contribution in [3.05, 3.63) is 59.2 Å². The number of rotatable bonds is 4. The number of carbonyl (C=O) groups excluding carboxylic acids is 2. The van der Waals surface area contributed by atoms with Crippen molar-refractivity contribution in [3.63, 3.8) is 0 Å². The number of hydrogen-bond donors (Lipinski definition) is 2. The Morgan fingerprint density at radius 3 is 2.43 bits per heavy atom. The molecule has 2 saturated heterocycles. The molecule has 2 N–H and O–H groups in total. The van der Waals surface area contributed by atoms with Gasteiger partial charge in [0.15, 0.2) is 0 Å². The first-order valence-electron chi connectivity index (χ1n) is 9.39. The number of nitrogens with one attached hydrogen (secondary N) is 2. The third-order valence-electron chi connectivity index (χ3n) is 5.21. The van der Waals surface area contributed by atoms with Crippen LogP contribution in [0.3, 0.4) is 0 Å². The van der Waals surface area contributed by atoms with E-state index < -0.39 is 46.8 Å². The maximum Gasteiger partial charge on any atom is 0.322 e. The van der Waals surface area contributed by atoms with E-state index in [1.807, 2.05) is 0 Å². The number of halogens is 4. The smallest absolute Gasteiger partial charge is 0.322 e. The number of nitrogens with zero attached hydrogens (tertiary/aromatic N) is 2. The maximum atomic E-state index is 14.3. The first-order valence-corrected chi connectivity index (χ1v) is 9.39. The predicted octanol–water partition coefficient (Wildman–Crippen LogP) is 2.78.